The van der Waals surface area contributed by atoms with E-state index in [1.54, 1.807) is 14.0 Å². The lowest BCUT2D eigenvalue weighted by molar-refractivity contribution is 0.0785. The van der Waals surface area contributed by atoms with Gasteiger partial charge in [0.25, 0.3) is 5.91 Å². The molecule has 1 atom stereocenters. The molecule has 1 unspecified atom stereocenters. The molecule has 17 heavy (non-hydrogen) atoms. The Morgan fingerprint density at radius 1 is 1.65 bits per heavy atom. The molecule has 0 saturated carbocycles. The molecule has 0 N–H and O–H groups in total. The van der Waals surface area contributed by atoms with Crippen LogP contribution in [0.25, 0.3) is 0 Å². The van der Waals surface area contributed by atoms with E-state index < -0.39 is 5.82 Å². The van der Waals surface area contributed by atoms with Gasteiger partial charge in [0.1, 0.15) is 5.82 Å². The molecule has 0 spiro atoms. The third-order valence-electron chi connectivity index (χ3n) is 2.28. The van der Waals surface area contributed by atoms with E-state index in [0.717, 1.165) is 0 Å². The van der Waals surface area contributed by atoms with Crippen molar-refractivity contribution in [1.82, 2.24) is 4.90 Å². The summed E-state index contributed by atoms with van der Waals surface area (Å²) >= 11 is 3.03. The van der Waals surface area contributed by atoms with E-state index >= 15 is 0 Å². The summed E-state index contributed by atoms with van der Waals surface area (Å²) < 4.78 is 13.3. The Labute approximate surface area is 108 Å². The summed E-state index contributed by atoms with van der Waals surface area (Å²) in [6.45, 7) is 2.09. The SMILES string of the molecule is CC(C#N)CN(C)C(=O)c1ccc(F)c(Br)c1. The minimum absolute atomic E-state index is 0.229. The second-order valence-corrected chi connectivity index (χ2v) is 4.70. The number of carbonyl (C=O) groups excluding carboxylic acids is 1. The van der Waals surface area contributed by atoms with Crippen molar-refractivity contribution in [2.45, 2.75) is 6.92 Å². The van der Waals surface area contributed by atoms with Crippen molar-refractivity contribution in [3.8, 4) is 6.07 Å². The van der Waals surface area contributed by atoms with E-state index in [9.17, 15) is 9.18 Å². The molecular weight excluding hydrogens is 287 g/mol. The first-order valence-electron chi connectivity index (χ1n) is 5.06. The second-order valence-electron chi connectivity index (χ2n) is 3.84. The number of benzene rings is 1. The summed E-state index contributed by atoms with van der Waals surface area (Å²) in [6, 6.07) is 6.16. The van der Waals surface area contributed by atoms with Crippen LogP contribution in [0, 0.1) is 23.1 Å². The number of nitrogens with zero attached hydrogens (tertiary/aromatic N) is 2. The third kappa shape index (κ3) is 3.53. The van der Waals surface area contributed by atoms with Crippen molar-refractivity contribution in [3.63, 3.8) is 0 Å². The number of nitriles is 1. The Hall–Kier alpha value is -1.41. The minimum atomic E-state index is -0.408. The molecule has 1 amide bonds. The van der Waals surface area contributed by atoms with E-state index in [1.165, 1.54) is 23.1 Å². The first kappa shape index (κ1) is 13.7. The van der Waals surface area contributed by atoms with Crippen LogP contribution in [0.4, 0.5) is 4.39 Å². The van der Waals surface area contributed by atoms with Gasteiger partial charge < -0.3 is 4.90 Å². The molecule has 0 bridgehead atoms. The van der Waals surface area contributed by atoms with E-state index in [2.05, 4.69) is 22.0 Å². The minimum Gasteiger partial charge on any atom is -0.340 e. The van der Waals surface area contributed by atoms with Gasteiger partial charge in [0, 0.05) is 19.2 Å². The summed E-state index contributed by atoms with van der Waals surface area (Å²) in [7, 11) is 1.62. The topological polar surface area (TPSA) is 44.1 Å². The molecule has 0 heterocycles. The highest BCUT2D eigenvalue weighted by Gasteiger charge is 2.15. The molecule has 1 rings (SSSR count). The average molecular weight is 299 g/mol. The average Bonchev–Trinajstić information content (AvgIpc) is 2.31. The maximum Gasteiger partial charge on any atom is 0.253 e. The monoisotopic (exact) mass is 298 g/mol. The zero-order valence-electron chi connectivity index (χ0n) is 9.58. The number of hydrogen-bond donors (Lipinski definition) is 0. The van der Waals surface area contributed by atoms with Gasteiger partial charge in [0.2, 0.25) is 0 Å². The molecule has 0 radical (unpaired) electrons. The molecule has 0 aliphatic heterocycles. The van der Waals surface area contributed by atoms with Gasteiger partial charge in [-0.15, -0.1) is 0 Å². The number of halogens is 2. The number of hydrogen-bond acceptors (Lipinski definition) is 2. The van der Waals surface area contributed by atoms with Crippen LogP contribution in [-0.4, -0.2) is 24.4 Å². The summed E-state index contributed by atoms with van der Waals surface area (Å²) in [6.07, 6.45) is 0. The Bertz CT molecular complexity index is 470. The van der Waals surface area contributed by atoms with Crippen LogP contribution in [0.2, 0.25) is 0 Å². The molecule has 3 nitrogen and oxygen atoms in total. The van der Waals surface area contributed by atoms with Gasteiger partial charge in [-0.25, -0.2) is 4.39 Å². The van der Waals surface area contributed by atoms with Crippen LogP contribution in [0.15, 0.2) is 22.7 Å². The number of rotatable bonds is 3. The summed E-state index contributed by atoms with van der Waals surface area (Å²) in [5.74, 6) is -0.866. The Kier molecular flexibility index (Phi) is 4.64. The summed E-state index contributed by atoms with van der Waals surface area (Å²) in [5, 5.41) is 8.67. The predicted octanol–water partition coefficient (Wildman–Crippen LogP) is 2.82. The Balaban J connectivity index is 2.82. The van der Waals surface area contributed by atoms with Crippen molar-refractivity contribution in [3.05, 3.63) is 34.1 Å². The second kappa shape index (κ2) is 5.78. The summed E-state index contributed by atoms with van der Waals surface area (Å²) in [5.41, 5.74) is 0.394. The molecule has 0 aromatic heterocycles. The highest BCUT2D eigenvalue weighted by atomic mass is 79.9. The van der Waals surface area contributed by atoms with E-state index in [0.29, 0.717) is 12.1 Å². The Morgan fingerprint density at radius 3 is 2.82 bits per heavy atom. The first-order chi connectivity index (χ1) is 7.95. The third-order valence-corrected chi connectivity index (χ3v) is 2.89. The smallest absolute Gasteiger partial charge is 0.253 e. The lowest BCUT2D eigenvalue weighted by atomic mass is 10.1. The Morgan fingerprint density at radius 2 is 2.29 bits per heavy atom. The number of carbonyl (C=O) groups is 1. The molecule has 1 aromatic rings. The molecule has 90 valence electrons. The highest BCUT2D eigenvalue weighted by molar-refractivity contribution is 9.10. The quantitative estimate of drug-likeness (QED) is 0.861. The predicted molar refractivity (Wildman–Crippen MR) is 65.8 cm³/mol. The van der Waals surface area contributed by atoms with Crippen LogP contribution in [0.5, 0.6) is 0 Å². The summed E-state index contributed by atoms with van der Waals surface area (Å²) in [4.78, 5) is 13.4. The molecule has 5 heteroatoms. The van der Waals surface area contributed by atoms with Crippen molar-refractivity contribution in [2.24, 2.45) is 5.92 Å². The molecular formula is C12H12BrFN2O. The first-order valence-corrected chi connectivity index (χ1v) is 5.85. The normalized spacial score (nSPS) is 11.7. The van der Waals surface area contributed by atoms with Crippen molar-refractivity contribution < 1.29 is 9.18 Å². The zero-order valence-corrected chi connectivity index (χ0v) is 11.2. The van der Waals surface area contributed by atoms with Gasteiger partial charge in [-0.05, 0) is 41.1 Å². The van der Waals surface area contributed by atoms with Crippen LogP contribution < -0.4 is 0 Å². The van der Waals surface area contributed by atoms with Crippen LogP contribution in [0.3, 0.4) is 0 Å². The molecule has 0 aliphatic carbocycles. The van der Waals surface area contributed by atoms with Gasteiger partial charge in [-0.3, -0.25) is 4.79 Å². The lowest BCUT2D eigenvalue weighted by Crippen LogP contribution is -2.30. The lowest BCUT2D eigenvalue weighted by Gasteiger charge is -2.18. The standard InChI is InChI=1S/C12H12BrFN2O/c1-8(6-15)7-16(2)12(17)9-3-4-11(14)10(13)5-9/h3-5,8H,7H2,1-2H3. The van der Waals surface area contributed by atoms with Crippen molar-refractivity contribution in [2.75, 3.05) is 13.6 Å². The van der Waals surface area contributed by atoms with Gasteiger partial charge in [0.05, 0.1) is 16.5 Å². The molecule has 0 fully saturated rings. The van der Waals surface area contributed by atoms with Crippen LogP contribution in [0.1, 0.15) is 17.3 Å². The van der Waals surface area contributed by atoms with Gasteiger partial charge >= 0.3 is 0 Å². The zero-order chi connectivity index (χ0) is 13.0. The molecule has 0 aliphatic rings. The van der Waals surface area contributed by atoms with E-state index in [1.807, 2.05) is 0 Å². The van der Waals surface area contributed by atoms with Crippen molar-refractivity contribution >= 4 is 21.8 Å². The largest absolute Gasteiger partial charge is 0.340 e. The fraction of sp³-hybridized carbons (Fsp3) is 0.333. The van der Waals surface area contributed by atoms with E-state index in [-0.39, 0.29) is 16.3 Å². The van der Waals surface area contributed by atoms with Crippen LogP contribution >= 0.6 is 15.9 Å². The maximum absolute atomic E-state index is 13.0. The molecule has 0 saturated heterocycles. The fourth-order valence-corrected chi connectivity index (χ4v) is 1.76. The maximum atomic E-state index is 13.0. The van der Waals surface area contributed by atoms with Gasteiger partial charge in [-0.1, -0.05) is 0 Å². The fourth-order valence-electron chi connectivity index (χ4n) is 1.38. The van der Waals surface area contributed by atoms with Crippen molar-refractivity contribution in [1.29, 1.82) is 5.26 Å². The van der Waals surface area contributed by atoms with Crippen LogP contribution in [-0.2, 0) is 0 Å². The van der Waals surface area contributed by atoms with Gasteiger partial charge in [0.15, 0.2) is 0 Å². The number of amides is 1. The van der Waals surface area contributed by atoms with E-state index in [4.69, 9.17) is 5.26 Å². The highest BCUT2D eigenvalue weighted by Crippen LogP contribution is 2.18. The van der Waals surface area contributed by atoms with Gasteiger partial charge in [-0.2, -0.15) is 5.26 Å². The molecule has 1 aromatic carbocycles.